The molecule has 0 aliphatic heterocycles. The third kappa shape index (κ3) is 4.09. The molecule has 0 saturated carbocycles. The van der Waals surface area contributed by atoms with Gasteiger partial charge in [0.2, 0.25) is 10.9 Å². The van der Waals surface area contributed by atoms with Gasteiger partial charge in [-0.15, -0.1) is 10.2 Å². The lowest BCUT2D eigenvalue weighted by atomic mass is 10.3. The van der Waals surface area contributed by atoms with E-state index in [4.69, 9.17) is 31.1 Å². The molecule has 2 N–H and O–H groups in total. The molecule has 4 aromatic rings. The zero-order chi connectivity index (χ0) is 18.6. The molecular formula is C17H14ClN5O3S. The number of hydrogen-bond donors (Lipinski definition) is 1. The fourth-order valence-corrected chi connectivity index (χ4v) is 3.12. The summed E-state index contributed by atoms with van der Waals surface area (Å²) in [5.41, 5.74) is 0.744. The summed E-state index contributed by atoms with van der Waals surface area (Å²) in [6.07, 6.45) is 1.58. The van der Waals surface area contributed by atoms with Crippen molar-refractivity contribution in [2.24, 2.45) is 0 Å². The van der Waals surface area contributed by atoms with Crippen LogP contribution in [0.2, 0.25) is 5.02 Å². The van der Waals surface area contributed by atoms with Crippen LogP contribution in [-0.2, 0) is 12.4 Å². The number of aromatic nitrogens is 4. The molecule has 4 rings (SSSR count). The number of rotatable bonds is 7. The normalized spacial score (nSPS) is 11.0. The van der Waals surface area contributed by atoms with Gasteiger partial charge in [0, 0.05) is 16.8 Å². The lowest BCUT2D eigenvalue weighted by molar-refractivity contribution is 0.291. The van der Waals surface area contributed by atoms with Crippen molar-refractivity contribution in [2.45, 2.75) is 17.5 Å². The Morgan fingerprint density at radius 3 is 2.78 bits per heavy atom. The van der Waals surface area contributed by atoms with Crippen molar-refractivity contribution in [1.29, 1.82) is 0 Å². The number of hydrogen-bond acceptors (Lipinski definition) is 8. The lowest BCUT2D eigenvalue weighted by Gasteiger charge is -2.06. The highest BCUT2D eigenvalue weighted by atomic mass is 35.5. The van der Waals surface area contributed by atoms with Gasteiger partial charge in [-0.1, -0.05) is 28.5 Å². The molecule has 10 heteroatoms. The Balaban J connectivity index is 1.35. The standard InChI is InChI=1S/C17H14ClN5O3S/c18-11-3-5-13(6-4-11)25-9-16-20-21-17(23(16)19)27-10-12-8-15(26-22-12)14-2-1-7-24-14/h1-8H,9-10,19H2. The maximum Gasteiger partial charge on any atom is 0.210 e. The molecule has 27 heavy (non-hydrogen) atoms. The Bertz CT molecular complexity index is 1010. The molecule has 0 spiro atoms. The van der Waals surface area contributed by atoms with Crippen LogP contribution in [0.1, 0.15) is 11.5 Å². The molecule has 0 fully saturated rings. The maximum absolute atomic E-state index is 6.05. The average molecular weight is 404 g/mol. The summed E-state index contributed by atoms with van der Waals surface area (Å²) in [4.78, 5) is 0. The molecule has 1 aromatic carbocycles. The molecule has 0 aliphatic rings. The largest absolute Gasteiger partial charge is 0.486 e. The van der Waals surface area contributed by atoms with E-state index >= 15 is 0 Å². The number of benzene rings is 1. The van der Waals surface area contributed by atoms with Gasteiger partial charge in [0.15, 0.2) is 11.6 Å². The second-order valence-electron chi connectivity index (χ2n) is 5.46. The Morgan fingerprint density at radius 1 is 1.15 bits per heavy atom. The number of nitrogens with two attached hydrogens (primary N) is 1. The molecule has 0 atom stereocenters. The molecule has 3 aromatic heterocycles. The highest BCUT2D eigenvalue weighted by molar-refractivity contribution is 7.98. The number of thioether (sulfide) groups is 1. The van der Waals surface area contributed by atoms with Gasteiger partial charge in [-0.25, -0.2) is 4.68 Å². The third-order valence-electron chi connectivity index (χ3n) is 3.59. The van der Waals surface area contributed by atoms with Crippen molar-refractivity contribution in [3.8, 4) is 17.3 Å². The first-order valence-corrected chi connectivity index (χ1v) is 9.25. The van der Waals surface area contributed by atoms with Crippen LogP contribution in [0.5, 0.6) is 5.75 Å². The summed E-state index contributed by atoms with van der Waals surface area (Å²) >= 11 is 7.24. The first-order valence-electron chi connectivity index (χ1n) is 7.89. The van der Waals surface area contributed by atoms with Crippen molar-refractivity contribution in [1.82, 2.24) is 20.0 Å². The predicted octanol–water partition coefficient (Wildman–Crippen LogP) is 3.76. The molecule has 0 bridgehead atoms. The summed E-state index contributed by atoms with van der Waals surface area (Å²) in [6.45, 7) is 0.193. The minimum absolute atomic E-state index is 0.193. The Morgan fingerprint density at radius 2 is 2.00 bits per heavy atom. The van der Waals surface area contributed by atoms with E-state index in [1.165, 1.54) is 16.4 Å². The molecule has 138 valence electrons. The third-order valence-corrected chi connectivity index (χ3v) is 4.82. The van der Waals surface area contributed by atoms with E-state index < -0.39 is 0 Å². The van der Waals surface area contributed by atoms with Gasteiger partial charge in [-0.2, -0.15) is 0 Å². The number of furan rings is 1. The van der Waals surface area contributed by atoms with Gasteiger partial charge >= 0.3 is 0 Å². The van der Waals surface area contributed by atoms with E-state index in [1.807, 2.05) is 6.07 Å². The summed E-state index contributed by atoms with van der Waals surface area (Å²) in [7, 11) is 0. The summed E-state index contributed by atoms with van der Waals surface area (Å²) in [6, 6.07) is 12.5. The zero-order valence-corrected chi connectivity index (χ0v) is 15.5. The molecule has 8 nitrogen and oxygen atoms in total. The SMILES string of the molecule is Nn1c(COc2ccc(Cl)cc2)nnc1SCc1cc(-c2ccco2)on1. The van der Waals surface area contributed by atoms with Gasteiger partial charge in [-0.3, -0.25) is 0 Å². The highest BCUT2D eigenvalue weighted by Gasteiger charge is 2.14. The van der Waals surface area contributed by atoms with Crippen LogP contribution in [0.15, 0.2) is 62.8 Å². The van der Waals surface area contributed by atoms with E-state index in [0.717, 1.165) is 5.69 Å². The van der Waals surface area contributed by atoms with Crippen LogP contribution in [0.3, 0.4) is 0 Å². The maximum atomic E-state index is 6.05. The first kappa shape index (κ1) is 17.5. The number of nitrogen functional groups attached to an aromatic ring is 1. The van der Waals surface area contributed by atoms with Gasteiger partial charge in [0.05, 0.1) is 12.0 Å². The number of halogens is 1. The van der Waals surface area contributed by atoms with E-state index in [9.17, 15) is 0 Å². The van der Waals surface area contributed by atoms with E-state index in [2.05, 4.69) is 15.4 Å². The van der Waals surface area contributed by atoms with E-state index in [1.54, 1.807) is 42.7 Å². The molecule has 0 radical (unpaired) electrons. The molecule has 0 saturated heterocycles. The second kappa shape index (κ2) is 7.77. The van der Waals surface area contributed by atoms with E-state index in [0.29, 0.717) is 39.0 Å². The van der Waals surface area contributed by atoms with Crippen molar-refractivity contribution < 1.29 is 13.7 Å². The first-order chi connectivity index (χ1) is 13.2. The smallest absolute Gasteiger partial charge is 0.210 e. The monoisotopic (exact) mass is 403 g/mol. The van der Waals surface area contributed by atoms with Crippen LogP contribution in [0.25, 0.3) is 11.5 Å². The van der Waals surface area contributed by atoms with Crippen molar-refractivity contribution in [3.63, 3.8) is 0 Å². The average Bonchev–Trinajstić information content (AvgIpc) is 3.41. The Labute approximate surface area is 163 Å². The topological polar surface area (TPSA) is 105 Å². The molecule has 0 aliphatic carbocycles. The minimum Gasteiger partial charge on any atom is -0.486 e. The Hall–Kier alpha value is -2.91. The van der Waals surface area contributed by atoms with Crippen LogP contribution in [0.4, 0.5) is 0 Å². The van der Waals surface area contributed by atoms with Gasteiger partial charge < -0.3 is 19.5 Å². The fourth-order valence-electron chi connectivity index (χ4n) is 2.24. The summed E-state index contributed by atoms with van der Waals surface area (Å²) < 4.78 is 17.6. The minimum atomic E-state index is 0.193. The predicted molar refractivity (Wildman–Crippen MR) is 99.7 cm³/mol. The quantitative estimate of drug-likeness (QED) is 0.367. The van der Waals surface area contributed by atoms with Crippen LogP contribution in [0, 0.1) is 0 Å². The number of ether oxygens (including phenoxy) is 1. The molecule has 0 amide bonds. The fraction of sp³-hybridized carbons (Fsp3) is 0.118. The van der Waals surface area contributed by atoms with Crippen LogP contribution >= 0.6 is 23.4 Å². The molecule has 0 unspecified atom stereocenters. The van der Waals surface area contributed by atoms with Crippen LogP contribution < -0.4 is 10.6 Å². The highest BCUT2D eigenvalue weighted by Crippen LogP contribution is 2.25. The zero-order valence-electron chi connectivity index (χ0n) is 13.9. The van der Waals surface area contributed by atoms with Crippen molar-refractivity contribution in [3.05, 3.63) is 65.3 Å². The van der Waals surface area contributed by atoms with E-state index in [-0.39, 0.29) is 6.61 Å². The molecule has 3 heterocycles. The van der Waals surface area contributed by atoms with Crippen molar-refractivity contribution in [2.75, 3.05) is 5.84 Å². The molecular weight excluding hydrogens is 390 g/mol. The van der Waals surface area contributed by atoms with Gasteiger partial charge in [-0.05, 0) is 36.4 Å². The Kier molecular flexibility index (Phi) is 5.03. The summed E-state index contributed by atoms with van der Waals surface area (Å²) in [5, 5.41) is 13.4. The van der Waals surface area contributed by atoms with Gasteiger partial charge in [0.25, 0.3) is 0 Å². The number of nitrogens with zero attached hydrogens (tertiary/aromatic N) is 4. The second-order valence-corrected chi connectivity index (χ2v) is 6.84. The summed E-state index contributed by atoms with van der Waals surface area (Å²) in [5.74, 6) is 8.95. The van der Waals surface area contributed by atoms with Crippen molar-refractivity contribution >= 4 is 23.4 Å². The lowest BCUT2D eigenvalue weighted by Crippen LogP contribution is -2.15. The van der Waals surface area contributed by atoms with Crippen LogP contribution in [-0.4, -0.2) is 20.0 Å². The van der Waals surface area contributed by atoms with Gasteiger partial charge in [0.1, 0.15) is 12.4 Å².